The molecule has 3 aromatic carbocycles. The molecule has 0 spiro atoms. The number of hydrogen-bond acceptors (Lipinski definition) is 5. The third-order valence-electron chi connectivity index (χ3n) is 5.19. The Morgan fingerprint density at radius 1 is 0.686 bits per heavy atom. The van der Waals surface area contributed by atoms with E-state index in [0.29, 0.717) is 31.1 Å². The Morgan fingerprint density at radius 3 is 1.57 bits per heavy atom. The molecule has 2 amide bonds. The number of carbonyl (C=O) groups is 2. The van der Waals surface area contributed by atoms with Crippen LogP contribution in [0.15, 0.2) is 78.9 Å². The van der Waals surface area contributed by atoms with Crippen LogP contribution in [0.4, 0.5) is 11.4 Å². The first-order chi connectivity index (χ1) is 17.1. The van der Waals surface area contributed by atoms with Gasteiger partial charge in [0, 0.05) is 17.9 Å². The molecule has 0 heterocycles. The zero-order chi connectivity index (χ0) is 24.9. The first-order valence-corrected chi connectivity index (χ1v) is 11.9. The molecule has 3 rings (SSSR count). The molecule has 0 aromatic heterocycles. The summed E-state index contributed by atoms with van der Waals surface area (Å²) in [5.41, 5.74) is 2.51. The maximum atomic E-state index is 12.8. The Kier molecular flexibility index (Phi) is 10.1. The first-order valence-electron chi connectivity index (χ1n) is 11.9. The van der Waals surface area contributed by atoms with Gasteiger partial charge in [-0.2, -0.15) is 0 Å². The van der Waals surface area contributed by atoms with Gasteiger partial charge in [-0.05, 0) is 74.4 Å². The van der Waals surface area contributed by atoms with E-state index in [2.05, 4.69) is 10.6 Å². The second kappa shape index (κ2) is 13.8. The highest BCUT2D eigenvalue weighted by Gasteiger charge is 2.15. The predicted molar refractivity (Wildman–Crippen MR) is 139 cm³/mol. The second-order valence-electron chi connectivity index (χ2n) is 7.96. The summed E-state index contributed by atoms with van der Waals surface area (Å²) in [6, 6.07) is 24.5. The van der Waals surface area contributed by atoms with E-state index >= 15 is 0 Å². The van der Waals surface area contributed by atoms with Crippen LogP contribution in [0.5, 0.6) is 11.5 Å². The highest BCUT2D eigenvalue weighted by atomic mass is 16.5. The molecule has 0 atom stereocenters. The van der Waals surface area contributed by atoms with Crippen LogP contribution in [0, 0.1) is 0 Å². The summed E-state index contributed by atoms with van der Waals surface area (Å²) in [6.45, 7) is 5.77. The van der Waals surface area contributed by atoms with Crippen molar-refractivity contribution >= 4 is 23.2 Å². The number of hydrogen-bond donors (Lipinski definition) is 2. The number of anilines is 2. The van der Waals surface area contributed by atoms with Gasteiger partial charge in [0.05, 0.1) is 26.3 Å². The third kappa shape index (κ3) is 9.14. The van der Waals surface area contributed by atoms with Crippen molar-refractivity contribution in [3.05, 3.63) is 84.4 Å². The van der Waals surface area contributed by atoms with Crippen LogP contribution in [0.25, 0.3) is 0 Å². The summed E-state index contributed by atoms with van der Waals surface area (Å²) in [5.74, 6) is 1.13. The normalized spacial score (nSPS) is 10.6. The van der Waals surface area contributed by atoms with E-state index < -0.39 is 0 Å². The Bertz CT molecular complexity index is 988. The highest BCUT2D eigenvalue weighted by molar-refractivity contribution is 5.94. The van der Waals surface area contributed by atoms with E-state index in [0.717, 1.165) is 23.5 Å². The van der Waals surface area contributed by atoms with Gasteiger partial charge in [-0.15, -0.1) is 0 Å². The van der Waals surface area contributed by atoms with Gasteiger partial charge in [-0.3, -0.25) is 14.5 Å². The molecule has 0 aliphatic heterocycles. The highest BCUT2D eigenvalue weighted by Crippen LogP contribution is 2.17. The fourth-order valence-electron chi connectivity index (χ4n) is 3.56. The molecular formula is C28H33N3O4. The summed E-state index contributed by atoms with van der Waals surface area (Å²) in [5, 5.41) is 5.80. The van der Waals surface area contributed by atoms with E-state index in [-0.39, 0.29) is 24.9 Å². The lowest BCUT2D eigenvalue weighted by Gasteiger charge is -2.21. The smallest absolute Gasteiger partial charge is 0.238 e. The van der Waals surface area contributed by atoms with Crippen molar-refractivity contribution in [3.8, 4) is 11.5 Å². The quantitative estimate of drug-likeness (QED) is 0.378. The van der Waals surface area contributed by atoms with Gasteiger partial charge in [0.15, 0.2) is 0 Å². The average molecular weight is 476 g/mol. The minimum Gasteiger partial charge on any atom is -0.494 e. The number of benzene rings is 3. The molecule has 0 radical (unpaired) electrons. The molecule has 35 heavy (non-hydrogen) atoms. The topological polar surface area (TPSA) is 79.9 Å². The molecule has 3 aromatic rings. The Hall–Kier alpha value is -3.84. The number of nitrogens with zero attached hydrogens (tertiary/aromatic N) is 1. The van der Waals surface area contributed by atoms with Gasteiger partial charge >= 0.3 is 0 Å². The molecule has 0 bridgehead atoms. The van der Waals surface area contributed by atoms with Gasteiger partial charge in [-0.1, -0.05) is 30.3 Å². The molecule has 7 nitrogen and oxygen atoms in total. The third-order valence-corrected chi connectivity index (χ3v) is 5.19. The summed E-state index contributed by atoms with van der Waals surface area (Å²) >= 11 is 0. The van der Waals surface area contributed by atoms with Crippen LogP contribution in [0.1, 0.15) is 19.4 Å². The van der Waals surface area contributed by atoms with Gasteiger partial charge in [-0.25, -0.2) is 0 Å². The Morgan fingerprint density at radius 2 is 1.14 bits per heavy atom. The van der Waals surface area contributed by atoms with E-state index in [1.54, 1.807) is 24.3 Å². The zero-order valence-electron chi connectivity index (χ0n) is 20.3. The number of amides is 2. The largest absolute Gasteiger partial charge is 0.494 e. The Balaban J connectivity index is 1.59. The maximum absolute atomic E-state index is 12.8. The standard InChI is InChI=1S/C28H33N3O4/c1-3-34-25-14-10-23(11-15-25)29-27(32)20-31(19-18-22-8-6-5-7-9-22)21-28(33)30-24-12-16-26(17-13-24)35-4-2/h5-17H,3-4,18-21H2,1-2H3,(H,29,32)(H,30,33). The minimum absolute atomic E-state index is 0.0940. The lowest BCUT2D eigenvalue weighted by Crippen LogP contribution is -2.40. The number of rotatable bonds is 13. The lowest BCUT2D eigenvalue weighted by atomic mass is 10.1. The molecule has 0 unspecified atom stereocenters. The van der Waals surface area contributed by atoms with Crippen molar-refractivity contribution in [2.45, 2.75) is 20.3 Å². The van der Waals surface area contributed by atoms with Crippen LogP contribution in [0.3, 0.4) is 0 Å². The van der Waals surface area contributed by atoms with E-state index in [1.165, 1.54) is 0 Å². The summed E-state index contributed by atoms with van der Waals surface area (Å²) in [4.78, 5) is 27.4. The number of carbonyl (C=O) groups excluding carboxylic acids is 2. The van der Waals surface area contributed by atoms with Gasteiger partial charge < -0.3 is 20.1 Å². The Labute approximate surface area is 207 Å². The number of ether oxygens (including phenoxy) is 2. The molecule has 0 saturated heterocycles. The molecule has 2 N–H and O–H groups in total. The van der Waals surface area contributed by atoms with Crippen molar-refractivity contribution in [1.82, 2.24) is 4.90 Å². The first kappa shape index (κ1) is 25.8. The SMILES string of the molecule is CCOc1ccc(NC(=O)CN(CCc2ccccc2)CC(=O)Nc2ccc(OCC)cc2)cc1. The summed E-state index contributed by atoms with van der Waals surface area (Å²) in [6.07, 6.45) is 0.730. The van der Waals surface area contributed by atoms with E-state index in [9.17, 15) is 9.59 Å². The van der Waals surface area contributed by atoms with E-state index in [1.807, 2.05) is 73.3 Å². The van der Waals surface area contributed by atoms with Crippen molar-refractivity contribution in [2.24, 2.45) is 0 Å². The molecule has 7 heteroatoms. The molecule has 0 fully saturated rings. The molecule has 0 aliphatic rings. The van der Waals surface area contributed by atoms with Crippen molar-refractivity contribution in [3.63, 3.8) is 0 Å². The van der Waals surface area contributed by atoms with Gasteiger partial charge in [0.1, 0.15) is 11.5 Å². The molecule has 0 aliphatic carbocycles. The van der Waals surface area contributed by atoms with Crippen LogP contribution < -0.4 is 20.1 Å². The van der Waals surface area contributed by atoms with Gasteiger partial charge in [0.25, 0.3) is 0 Å². The van der Waals surface area contributed by atoms with Crippen molar-refractivity contribution in [1.29, 1.82) is 0 Å². The predicted octanol–water partition coefficient (Wildman–Crippen LogP) is 4.61. The van der Waals surface area contributed by atoms with Crippen LogP contribution in [-0.4, -0.2) is 49.6 Å². The van der Waals surface area contributed by atoms with Crippen LogP contribution in [-0.2, 0) is 16.0 Å². The van der Waals surface area contributed by atoms with Crippen LogP contribution in [0.2, 0.25) is 0 Å². The fraction of sp³-hybridized carbons (Fsp3) is 0.286. The maximum Gasteiger partial charge on any atom is 0.238 e. The zero-order valence-corrected chi connectivity index (χ0v) is 20.3. The second-order valence-corrected chi connectivity index (χ2v) is 7.96. The molecular weight excluding hydrogens is 442 g/mol. The lowest BCUT2D eigenvalue weighted by molar-refractivity contribution is -0.120. The van der Waals surface area contributed by atoms with Crippen molar-refractivity contribution in [2.75, 3.05) is 43.5 Å². The van der Waals surface area contributed by atoms with Crippen LogP contribution >= 0.6 is 0 Å². The summed E-state index contributed by atoms with van der Waals surface area (Å²) < 4.78 is 10.9. The fourth-order valence-corrected chi connectivity index (χ4v) is 3.56. The van der Waals surface area contributed by atoms with E-state index in [4.69, 9.17) is 9.47 Å². The van der Waals surface area contributed by atoms with Crippen molar-refractivity contribution < 1.29 is 19.1 Å². The summed E-state index contributed by atoms with van der Waals surface area (Å²) in [7, 11) is 0. The minimum atomic E-state index is -0.184. The number of nitrogens with one attached hydrogen (secondary N) is 2. The average Bonchev–Trinajstić information content (AvgIpc) is 2.86. The van der Waals surface area contributed by atoms with Gasteiger partial charge in [0.2, 0.25) is 11.8 Å². The molecule has 184 valence electrons. The monoisotopic (exact) mass is 475 g/mol. The molecule has 0 saturated carbocycles.